The van der Waals surface area contributed by atoms with Gasteiger partial charge in [0, 0.05) is 20.8 Å². The molecule has 0 amide bonds. The molecule has 0 aromatic carbocycles. The molecule has 63 heavy (non-hydrogen) atoms. The summed E-state index contributed by atoms with van der Waals surface area (Å²) in [4.78, 5) is 27.8. The topological polar surface area (TPSA) is 136 Å². The molecule has 12 heteroatoms. The van der Waals surface area contributed by atoms with Crippen molar-refractivity contribution < 1.29 is 37.3 Å². The van der Waals surface area contributed by atoms with Gasteiger partial charge in [0.2, 0.25) is 10.0 Å². The van der Waals surface area contributed by atoms with E-state index in [4.69, 9.17) is 9.47 Å². The summed E-state index contributed by atoms with van der Waals surface area (Å²) >= 11 is 0. The van der Waals surface area contributed by atoms with E-state index in [1.165, 1.54) is 96.3 Å². The number of ether oxygens (including phenoxy) is 2. The lowest BCUT2D eigenvalue weighted by molar-refractivity contribution is -0.150. The molecule has 376 valence electrons. The van der Waals surface area contributed by atoms with Crippen LogP contribution in [-0.4, -0.2) is 88.8 Å². The van der Waals surface area contributed by atoms with Gasteiger partial charge in [0.15, 0.2) is 9.84 Å². The number of esters is 2. The van der Waals surface area contributed by atoms with E-state index in [0.29, 0.717) is 25.8 Å². The minimum absolute atomic E-state index is 0. The highest BCUT2D eigenvalue weighted by atomic mass is 32.2. The second kappa shape index (κ2) is 39.9. The molecule has 0 bridgehead atoms. The van der Waals surface area contributed by atoms with Gasteiger partial charge in [-0.2, -0.15) is 0 Å². The summed E-state index contributed by atoms with van der Waals surface area (Å²) in [6.07, 6.45) is 38.4. The van der Waals surface area contributed by atoms with Gasteiger partial charge in [0.25, 0.3) is 0 Å². The Labute approximate surface area is 391 Å². The Morgan fingerprint density at radius 3 is 1.37 bits per heavy atom. The average molecular weight is 936 g/mol. The molecule has 0 aliphatic carbocycles. The highest BCUT2D eigenvalue weighted by molar-refractivity contribution is 7.95. The molecule has 0 saturated carbocycles. The minimum atomic E-state index is -3.66. The highest BCUT2D eigenvalue weighted by Gasteiger charge is 2.36. The number of unbranched alkanes of at least 4 members (excludes halogenated alkanes) is 23. The van der Waals surface area contributed by atoms with Crippen LogP contribution in [0.5, 0.6) is 0 Å². The molecule has 2 atom stereocenters. The SMILES string of the molecule is CCCCCCCCC(CC)OC(=O)CCCCCCCN(CCCCCCCC(=O)OC(CCCCCCCC)CCCCCCCC)CCCNS(=O)(=O)C1CCS(=O)(=O)C1.[HH]. The van der Waals surface area contributed by atoms with Crippen LogP contribution in [-0.2, 0) is 38.9 Å². The van der Waals surface area contributed by atoms with E-state index < -0.39 is 25.1 Å². The predicted octanol–water partition coefficient (Wildman–Crippen LogP) is 13.2. The van der Waals surface area contributed by atoms with Gasteiger partial charge in [-0.25, -0.2) is 21.6 Å². The number of nitrogens with zero attached hydrogens (tertiary/aromatic N) is 1. The van der Waals surface area contributed by atoms with Crippen LogP contribution in [0.25, 0.3) is 0 Å². The molecular formula is C51H102N2O8S2. The van der Waals surface area contributed by atoms with E-state index in [1.54, 1.807) is 0 Å². The Balaban J connectivity index is 0.0000397. The number of hydrogen-bond donors (Lipinski definition) is 1. The molecular weight excluding hydrogens is 833 g/mol. The third-order valence-electron chi connectivity index (χ3n) is 13.0. The molecule has 1 N–H and O–H groups in total. The fourth-order valence-corrected chi connectivity index (χ4v) is 12.9. The van der Waals surface area contributed by atoms with Crippen molar-refractivity contribution in [3.8, 4) is 0 Å². The largest absolute Gasteiger partial charge is 0.462 e. The second-order valence-corrected chi connectivity index (χ2v) is 23.3. The maximum Gasteiger partial charge on any atom is 0.306 e. The molecule has 10 nitrogen and oxygen atoms in total. The molecule has 1 rings (SSSR count). The lowest BCUT2D eigenvalue weighted by atomic mass is 10.0. The third kappa shape index (κ3) is 34.7. The van der Waals surface area contributed by atoms with Crippen LogP contribution in [0.3, 0.4) is 0 Å². The second-order valence-electron chi connectivity index (χ2n) is 19.0. The molecule has 1 aliphatic heterocycles. The number of rotatable bonds is 46. The molecule has 1 fully saturated rings. The van der Waals surface area contributed by atoms with Crippen LogP contribution in [0, 0.1) is 0 Å². The van der Waals surface area contributed by atoms with E-state index in [0.717, 1.165) is 129 Å². The van der Waals surface area contributed by atoms with E-state index in [2.05, 4.69) is 37.3 Å². The molecule has 1 heterocycles. The van der Waals surface area contributed by atoms with Gasteiger partial charge in [-0.05, 0) is 103 Å². The zero-order valence-corrected chi connectivity index (χ0v) is 43.1. The lowest BCUT2D eigenvalue weighted by Crippen LogP contribution is -2.37. The first-order valence-corrected chi connectivity index (χ1v) is 30.1. The molecule has 0 spiro atoms. The highest BCUT2D eigenvalue weighted by Crippen LogP contribution is 2.20. The average Bonchev–Trinajstić information content (AvgIpc) is 3.64. The number of sulfone groups is 1. The number of sulfonamides is 1. The van der Waals surface area contributed by atoms with Crippen molar-refractivity contribution in [2.75, 3.05) is 37.7 Å². The van der Waals surface area contributed by atoms with Crippen molar-refractivity contribution in [3.63, 3.8) is 0 Å². The van der Waals surface area contributed by atoms with Crippen LogP contribution >= 0.6 is 0 Å². The zero-order valence-electron chi connectivity index (χ0n) is 41.5. The van der Waals surface area contributed by atoms with Crippen LogP contribution < -0.4 is 4.72 Å². The summed E-state index contributed by atoms with van der Waals surface area (Å²) in [6, 6.07) is 0. The number of carbonyl (C=O) groups is 2. The first-order valence-electron chi connectivity index (χ1n) is 26.8. The van der Waals surface area contributed by atoms with E-state index >= 15 is 0 Å². The fourth-order valence-electron chi connectivity index (χ4n) is 8.80. The van der Waals surface area contributed by atoms with E-state index in [1.807, 2.05) is 0 Å². The maximum atomic E-state index is 12.9. The van der Waals surface area contributed by atoms with Crippen LogP contribution in [0.15, 0.2) is 0 Å². The first kappa shape index (κ1) is 59.8. The summed E-state index contributed by atoms with van der Waals surface area (Å²) in [5.74, 6) is -0.431. The van der Waals surface area contributed by atoms with Crippen molar-refractivity contribution >= 4 is 31.8 Å². The molecule has 0 aromatic heterocycles. The lowest BCUT2D eigenvalue weighted by Gasteiger charge is -2.23. The standard InChI is InChI=1S/C51H100N2O8S2.H2/c1-5-9-12-15-20-27-35-47(8-4)60-50(54)38-30-23-18-25-32-42-53(44-34-41-52-63(58,59)49-40-45-62(56,57)46-49)43-33-26-19-24-31-39-51(55)61-48(36-28-21-16-13-10-6-2)37-29-22-17-14-11-7-3;/h47-49,52H,5-46H2,1-4H3;1H. The summed E-state index contributed by atoms with van der Waals surface area (Å²) in [6.45, 7) is 11.8. The van der Waals surface area contributed by atoms with Gasteiger partial charge >= 0.3 is 11.9 Å². The Kier molecular flexibility index (Phi) is 37.8. The van der Waals surface area contributed by atoms with Crippen LogP contribution in [0.4, 0.5) is 0 Å². The van der Waals surface area contributed by atoms with E-state index in [9.17, 15) is 26.4 Å². The van der Waals surface area contributed by atoms with Gasteiger partial charge in [-0.1, -0.05) is 163 Å². The van der Waals surface area contributed by atoms with Gasteiger partial charge < -0.3 is 14.4 Å². The van der Waals surface area contributed by atoms with Gasteiger partial charge in [0.05, 0.1) is 16.8 Å². The van der Waals surface area contributed by atoms with Crippen molar-refractivity contribution in [3.05, 3.63) is 0 Å². The Bertz CT molecular complexity index is 1300. The Morgan fingerprint density at radius 2 is 0.937 bits per heavy atom. The van der Waals surface area contributed by atoms with E-state index in [-0.39, 0.29) is 43.5 Å². The quantitative estimate of drug-likeness (QED) is 0.0467. The molecule has 0 radical (unpaired) electrons. The van der Waals surface area contributed by atoms with Gasteiger partial charge in [-0.15, -0.1) is 0 Å². The normalized spacial score (nSPS) is 15.7. The van der Waals surface area contributed by atoms with Crippen molar-refractivity contribution in [1.82, 2.24) is 9.62 Å². The van der Waals surface area contributed by atoms with Crippen LogP contribution in [0.2, 0.25) is 0 Å². The third-order valence-corrected chi connectivity index (χ3v) is 16.9. The molecule has 1 saturated heterocycles. The summed E-state index contributed by atoms with van der Waals surface area (Å²) in [5, 5.41) is -0.850. The number of hydrogen-bond acceptors (Lipinski definition) is 9. The number of carbonyl (C=O) groups excluding carboxylic acids is 2. The van der Waals surface area contributed by atoms with Crippen LogP contribution in [0.1, 0.15) is 260 Å². The summed E-state index contributed by atoms with van der Waals surface area (Å²) in [7, 11) is -6.93. The maximum absolute atomic E-state index is 12.9. The monoisotopic (exact) mass is 935 g/mol. The molecule has 2 unspecified atom stereocenters. The fraction of sp³-hybridized carbons (Fsp3) is 0.961. The first-order chi connectivity index (χ1) is 30.5. The van der Waals surface area contributed by atoms with Crippen molar-refractivity contribution in [2.24, 2.45) is 0 Å². The van der Waals surface area contributed by atoms with Gasteiger partial charge in [0.1, 0.15) is 12.2 Å². The van der Waals surface area contributed by atoms with Crippen molar-refractivity contribution in [2.45, 2.75) is 276 Å². The Morgan fingerprint density at radius 1 is 0.556 bits per heavy atom. The Hall–Kier alpha value is -1.24. The minimum Gasteiger partial charge on any atom is -0.462 e. The summed E-state index contributed by atoms with van der Waals surface area (Å²) < 4.78 is 63.8. The van der Waals surface area contributed by atoms with Gasteiger partial charge in [-0.3, -0.25) is 9.59 Å². The van der Waals surface area contributed by atoms with Crippen molar-refractivity contribution in [1.29, 1.82) is 0 Å². The number of nitrogens with one attached hydrogen (secondary N) is 1. The molecule has 0 aromatic rings. The summed E-state index contributed by atoms with van der Waals surface area (Å²) in [5.41, 5.74) is 0. The predicted molar refractivity (Wildman–Crippen MR) is 267 cm³/mol. The zero-order chi connectivity index (χ0) is 46.3. The molecule has 1 aliphatic rings. The smallest absolute Gasteiger partial charge is 0.306 e.